The van der Waals surface area contributed by atoms with Crippen molar-refractivity contribution in [1.82, 2.24) is 10.2 Å². The number of methoxy groups -OCH3 is 2. The van der Waals surface area contributed by atoms with E-state index in [1.165, 1.54) is 0 Å². The number of anilines is 1. The first-order valence-electron chi connectivity index (χ1n) is 5.48. The summed E-state index contributed by atoms with van der Waals surface area (Å²) in [6.07, 6.45) is 0. The summed E-state index contributed by atoms with van der Waals surface area (Å²) in [5, 5.41) is 7.99. The van der Waals surface area contributed by atoms with Crippen molar-refractivity contribution in [3.63, 3.8) is 0 Å². The molecule has 0 bridgehead atoms. The number of nitrogens with two attached hydrogens (primary N) is 1. The lowest BCUT2D eigenvalue weighted by molar-refractivity contribution is 0.395. The van der Waals surface area contributed by atoms with E-state index in [-0.39, 0.29) is 0 Å². The van der Waals surface area contributed by atoms with Crippen LogP contribution < -0.4 is 15.2 Å². The Morgan fingerprint density at radius 3 is 2.44 bits per heavy atom. The maximum absolute atomic E-state index is 5.66. The minimum absolute atomic E-state index is 0.436. The molecule has 5 heteroatoms. The molecule has 0 saturated heterocycles. The van der Waals surface area contributed by atoms with Gasteiger partial charge in [-0.25, -0.2) is 0 Å². The molecular formula is C13H15N3O2. The first-order valence-corrected chi connectivity index (χ1v) is 5.48. The quantitative estimate of drug-likeness (QED) is 0.896. The van der Waals surface area contributed by atoms with E-state index in [4.69, 9.17) is 15.2 Å². The number of nitrogens with zero attached hydrogens (tertiary/aromatic N) is 2. The van der Waals surface area contributed by atoms with Gasteiger partial charge in [0.25, 0.3) is 0 Å². The van der Waals surface area contributed by atoms with E-state index in [9.17, 15) is 0 Å². The summed E-state index contributed by atoms with van der Waals surface area (Å²) in [4.78, 5) is 0. The van der Waals surface area contributed by atoms with Crippen LogP contribution in [0.1, 0.15) is 5.56 Å². The number of aromatic nitrogens is 2. The first kappa shape index (κ1) is 12.2. The highest BCUT2D eigenvalue weighted by atomic mass is 16.5. The highest BCUT2D eigenvalue weighted by Gasteiger charge is 2.10. The first-order chi connectivity index (χ1) is 8.65. The Hall–Kier alpha value is -2.30. The lowest BCUT2D eigenvalue weighted by atomic mass is 10.1. The van der Waals surface area contributed by atoms with Crippen LogP contribution in [0, 0.1) is 6.92 Å². The molecule has 1 aromatic carbocycles. The SMILES string of the molecule is COc1ccc(-c2cc(C)c(N)nn2)c(OC)c1. The fraction of sp³-hybridized carbons (Fsp3) is 0.231. The second-order valence-electron chi connectivity index (χ2n) is 3.86. The Balaban J connectivity index is 2.52. The van der Waals surface area contributed by atoms with Gasteiger partial charge in [0.1, 0.15) is 17.3 Å². The Kier molecular flexibility index (Phi) is 3.32. The Bertz CT molecular complexity index is 570. The highest BCUT2D eigenvalue weighted by molar-refractivity contribution is 5.69. The largest absolute Gasteiger partial charge is 0.497 e. The molecule has 2 N–H and O–H groups in total. The van der Waals surface area contributed by atoms with Crippen LogP contribution in [0.2, 0.25) is 0 Å². The van der Waals surface area contributed by atoms with Gasteiger partial charge in [-0.05, 0) is 30.7 Å². The van der Waals surface area contributed by atoms with Crippen molar-refractivity contribution in [2.24, 2.45) is 0 Å². The van der Waals surface area contributed by atoms with Gasteiger partial charge in [-0.15, -0.1) is 10.2 Å². The second-order valence-corrected chi connectivity index (χ2v) is 3.86. The topological polar surface area (TPSA) is 70.3 Å². The zero-order chi connectivity index (χ0) is 13.1. The van der Waals surface area contributed by atoms with E-state index in [1.807, 2.05) is 31.2 Å². The van der Waals surface area contributed by atoms with Crippen molar-refractivity contribution in [3.05, 3.63) is 29.8 Å². The number of nitrogen functional groups attached to an aromatic ring is 1. The lowest BCUT2D eigenvalue weighted by Gasteiger charge is -2.10. The van der Waals surface area contributed by atoms with E-state index in [0.717, 1.165) is 22.6 Å². The van der Waals surface area contributed by atoms with Crippen LogP contribution in [-0.2, 0) is 0 Å². The fourth-order valence-corrected chi connectivity index (χ4v) is 1.64. The second kappa shape index (κ2) is 4.91. The normalized spacial score (nSPS) is 10.2. The molecule has 0 atom stereocenters. The van der Waals surface area contributed by atoms with Crippen LogP contribution in [0.5, 0.6) is 11.5 Å². The van der Waals surface area contributed by atoms with Gasteiger partial charge in [0.05, 0.1) is 19.9 Å². The molecule has 94 valence electrons. The van der Waals surface area contributed by atoms with E-state index in [0.29, 0.717) is 11.6 Å². The van der Waals surface area contributed by atoms with Crippen LogP contribution >= 0.6 is 0 Å². The van der Waals surface area contributed by atoms with E-state index in [1.54, 1.807) is 14.2 Å². The van der Waals surface area contributed by atoms with Crippen molar-refractivity contribution in [3.8, 4) is 22.8 Å². The van der Waals surface area contributed by atoms with E-state index >= 15 is 0 Å². The molecule has 2 rings (SSSR count). The maximum Gasteiger partial charge on any atom is 0.149 e. The van der Waals surface area contributed by atoms with Crippen molar-refractivity contribution in [2.75, 3.05) is 20.0 Å². The predicted octanol–water partition coefficient (Wildman–Crippen LogP) is 2.05. The van der Waals surface area contributed by atoms with Gasteiger partial charge in [0.15, 0.2) is 0 Å². The molecule has 0 spiro atoms. The van der Waals surface area contributed by atoms with Crippen LogP contribution in [0.25, 0.3) is 11.3 Å². The van der Waals surface area contributed by atoms with Crippen molar-refractivity contribution < 1.29 is 9.47 Å². The third kappa shape index (κ3) is 2.20. The smallest absolute Gasteiger partial charge is 0.149 e. The maximum atomic E-state index is 5.66. The molecule has 0 radical (unpaired) electrons. The van der Waals surface area contributed by atoms with Crippen molar-refractivity contribution in [1.29, 1.82) is 0 Å². The lowest BCUT2D eigenvalue weighted by Crippen LogP contribution is -1.99. The molecule has 0 fully saturated rings. The van der Waals surface area contributed by atoms with Gasteiger partial charge >= 0.3 is 0 Å². The van der Waals surface area contributed by atoms with Crippen molar-refractivity contribution in [2.45, 2.75) is 6.92 Å². The number of ether oxygens (including phenoxy) is 2. The van der Waals surface area contributed by atoms with Gasteiger partial charge in [0.2, 0.25) is 0 Å². The minimum Gasteiger partial charge on any atom is -0.497 e. The minimum atomic E-state index is 0.436. The van der Waals surface area contributed by atoms with Gasteiger partial charge in [-0.1, -0.05) is 0 Å². The molecule has 2 aromatic rings. The van der Waals surface area contributed by atoms with Crippen LogP contribution in [0.15, 0.2) is 24.3 Å². The third-order valence-electron chi connectivity index (χ3n) is 2.71. The van der Waals surface area contributed by atoms with Crippen LogP contribution in [0.3, 0.4) is 0 Å². The molecule has 0 saturated carbocycles. The summed E-state index contributed by atoms with van der Waals surface area (Å²) < 4.78 is 10.5. The zero-order valence-electron chi connectivity index (χ0n) is 10.6. The van der Waals surface area contributed by atoms with Crippen molar-refractivity contribution >= 4 is 5.82 Å². The average molecular weight is 245 g/mol. The predicted molar refractivity (Wildman–Crippen MR) is 69.7 cm³/mol. The van der Waals surface area contributed by atoms with Gasteiger partial charge in [-0.3, -0.25) is 0 Å². The molecule has 0 aliphatic carbocycles. The summed E-state index contributed by atoms with van der Waals surface area (Å²) in [6, 6.07) is 7.43. The van der Waals surface area contributed by atoms with Gasteiger partial charge in [-0.2, -0.15) is 0 Å². The standard InChI is InChI=1S/C13H15N3O2/c1-8-6-11(15-16-13(8)14)10-5-4-9(17-2)7-12(10)18-3/h4-7H,1-3H3,(H2,14,16). The zero-order valence-corrected chi connectivity index (χ0v) is 10.6. The number of rotatable bonds is 3. The third-order valence-corrected chi connectivity index (χ3v) is 2.71. The molecule has 5 nitrogen and oxygen atoms in total. The summed E-state index contributed by atoms with van der Waals surface area (Å²) in [5.74, 6) is 1.86. The number of hydrogen-bond acceptors (Lipinski definition) is 5. The molecule has 0 amide bonds. The molecule has 0 aliphatic rings. The number of aryl methyl sites for hydroxylation is 1. The van der Waals surface area contributed by atoms with E-state index < -0.39 is 0 Å². The van der Waals surface area contributed by atoms with Gasteiger partial charge < -0.3 is 15.2 Å². The Morgan fingerprint density at radius 2 is 1.83 bits per heavy atom. The van der Waals surface area contributed by atoms with Crippen LogP contribution in [-0.4, -0.2) is 24.4 Å². The summed E-state index contributed by atoms with van der Waals surface area (Å²) in [6.45, 7) is 1.89. The summed E-state index contributed by atoms with van der Waals surface area (Å²) in [7, 11) is 3.22. The molecular weight excluding hydrogens is 230 g/mol. The Labute approximate surface area is 106 Å². The summed E-state index contributed by atoms with van der Waals surface area (Å²) in [5.41, 5.74) is 8.12. The average Bonchev–Trinajstić information content (AvgIpc) is 2.41. The molecule has 0 unspecified atom stereocenters. The van der Waals surface area contributed by atoms with E-state index in [2.05, 4.69) is 10.2 Å². The molecule has 1 aromatic heterocycles. The molecule has 0 aliphatic heterocycles. The highest BCUT2D eigenvalue weighted by Crippen LogP contribution is 2.32. The monoisotopic (exact) mass is 245 g/mol. The van der Waals surface area contributed by atoms with Crippen LogP contribution in [0.4, 0.5) is 5.82 Å². The Morgan fingerprint density at radius 1 is 1.06 bits per heavy atom. The number of benzene rings is 1. The number of hydrogen-bond donors (Lipinski definition) is 1. The molecule has 1 heterocycles. The fourth-order valence-electron chi connectivity index (χ4n) is 1.64. The summed E-state index contributed by atoms with van der Waals surface area (Å²) >= 11 is 0. The molecule has 18 heavy (non-hydrogen) atoms. The van der Waals surface area contributed by atoms with Gasteiger partial charge in [0, 0.05) is 11.6 Å².